The first-order valence-corrected chi connectivity index (χ1v) is 6.00. The molecule has 0 amide bonds. The maximum Gasteiger partial charge on any atom is 0.251 e. The van der Waals surface area contributed by atoms with E-state index in [1.54, 1.807) is 6.07 Å². The molecule has 0 aliphatic rings. The van der Waals surface area contributed by atoms with E-state index in [9.17, 15) is 4.79 Å². The van der Waals surface area contributed by atoms with Crippen molar-refractivity contribution >= 4 is 0 Å². The van der Waals surface area contributed by atoms with E-state index < -0.39 is 0 Å². The smallest absolute Gasteiger partial charge is 0.251 e. The van der Waals surface area contributed by atoms with Crippen molar-refractivity contribution < 1.29 is 0 Å². The third-order valence-electron chi connectivity index (χ3n) is 2.90. The number of nitrogens with zero attached hydrogens (tertiary/aromatic N) is 1. The molecule has 1 rings (SSSR count). The summed E-state index contributed by atoms with van der Waals surface area (Å²) < 4.78 is 0. The fourth-order valence-electron chi connectivity index (χ4n) is 1.73. The van der Waals surface area contributed by atoms with Crippen molar-refractivity contribution in [2.24, 2.45) is 0 Å². The first kappa shape index (κ1) is 12.9. The lowest BCUT2D eigenvalue weighted by Gasteiger charge is -2.20. The van der Waals surface area contributed by atoms with Gasteiger partial charge in [0.15, 0.2) is 0 Å². The summed E-state index contributed by atoms with van der Waals surface area (Å²) in [5, 5.41) is 0. The van der Waals surface area contributed by atoms with Crippen molar-refractivity contribution in [1.29, 1.82) is 0 Å². The van der Waals surface area contributed by atoms with Gasteiger partial charge in [-0.15, -0.1) is 0 Å². The highest BCUT2D eigenvalue weighted by molar-refractivity contribution is 5.13. The van der Waals surface area contributed by atoms with Crippen LogP contribution in [0.15, 0.2) is 10.9 Å². The maximum atomic E-state index is 11.6. The molecule has 0 atom stereocenters. The van der Waals surface area contributed by atoms with Gasteiger partial charge in [0.2, 0.25) is 0 Å². The van der Waals surface area contributed by atoms with Gasteiger partial charge in [0.1, 0.15) is 5.82 Å². The molecule has 0 aliphatic carbocycles. The van der Waals surface area contributed by atoms with E-state index in [1.807, 2.05) is 0 Å². The number of nitrogens with one attached hydrogen (secondary N) is 1. The average molecular weight is 222 g/mol. The van der Waals surface area contributed by atoms with E-state index in [-0.39, 0.29) is 11.0 Å². The number of H-pyrrole nitrogens is 1. The highest BCUT2D eigenvalue weighted by Crippen LogP contribution is 2.22. The van der Waals surface area contributed by atoms with Crippen LogP contribution in [0.4, 0.5) is 0 Å². The molecule has 0 aromatic carbocycles. The van der Waals surface area contributed by atoms with Crippen molar-refractivity contribution in [2.75, 3.05) is 0 Å². The van der Waals surface area contributed by atoms with Crippen molar-refractivity contribution in [2.45, 2.75) is 58.8 Å². The van der Waals surface area contributed by atoms with E-state index in [2.05, 4.69) is 44.6 Å². The fourth-order valence-corrected chi connectivity index (χ4v) is 1.73. The Labute approximate surface area is 97.3 Å². The lowest BCUT2D eigenvalue weighted by molar-refractivity contribution is 0.539. The second kappa shape index (κ2) is 4.81. The Hall–Kier alpha value is -1.12. The topological polar surface area (TPSA) is 45.8 Å². The van der Waals surface area contributed by atoms with E-state index >= 15 is 0 Å². The van der Waals surface area contributed by atoms with Gasteiger partial charge in [-0.2, -0.15) is 0 Å². The summed E-state index contributed by atoms with van der Waals surface area (Å²) in [6.07, 6.45) is 2.01. The molecule has 1 N–H and O–H groups in total. The first-order valence-electron chi connectivity index (χ1n) is 6.00. The zero-order chi connectivity index (χ0) is 12.3. The summed E-state index contributed by atoms with van der Waals surface area (Å²) >= 11 is 0. The molecule has 1 aromatic heterocycles. The number of hydrogen-bond acceptors (Lipinski definition) is 2. The van der Waals surface area contributed by atoms with Gasteiger partial charge in [0, 0.05) is 17.4 Å². The lowest BCUT2D eigenvalue weighted by Crippen LogP contribution is -2.22. The number of aromatic amines is 1. The van der Waals surface area contributed by atoms with Crippen LogP contribution in [0.2, 0.25) is 0 Å². The Bertz CT molecular complexity index is 397. The summed E-state index contributed by atoms with van der Waals surface area (Å²) in [7, 11) is 0. The molecule has 90 valence electrons. The molecule has 1 heterocycles. The number of hydrogen-bond donors (Lipinski definition) is 1. The van der Waals surface area contributed by atoms with Gasteiger partial charge >= 0.3 is 0 Å². The second-order valence-electron chi connectivity index (χ2n) is 5.28. The standard InChI is InChI=1S/C13H22N2O/c1-6-9(7-2)12-14-10(13(3,4)5)8-11(16)15-12/h8-9H,6-7H2,1-5H3,(H,14,15,16). The van der Waals surface area contributed by atoms with Crippen LogP contribution in [0, 0.1) is 0 Å². The SMILES string of the molecule is CCC(CC)c1nc(C(C)(C)C)cc(=O)[nH]1. The molecule has 0 aliphatic heterocycles. The molecule has 3 nitrogen and oxygen atoms in total. The van der Waals surface area contributed by atoms with Crippen LogP contribution in [0.5, 0.6) is 0 Å². The molecular weight excluding hydrogens is 200 g/mol. The Morgan fingerprint density at radius 3 is 2.31 bits per heavy atom. The Morgan fingerprint density at radius 1 is 1.31 bits per heavy atom. The molecule has 0 saturated heterocycles. The third-order valence-corrected chi connectivity index (χ3v) is 2.90. The highest BCUT2D eigenvalue weighted by Gasteiger charge is 2.19. The van der Waals surface area contributed by atoms with E-state index in [0.717, 1.165) is 24.4 Å². The van der Waals surface area contributed by atoms with E-state index in [4.69, 9.17) is 0 Å². The normalized spacial score (nSPS) is 12.1. The van der Waals surface area contributed by atoms with Crippen molar-refractivity contribution in [3.05, 3.63) is 27.9 Å². The first-order chi connectivity index (χ1) is 7.38. The Morgan fingerprint density at radius 2 is 1.88 bits per heavy atom. The summed E-state index contributed by atoms with van der Waals surface area (Å²) in [6, 6.07) is 1.60. The zero-order valence-corrected chi connectivity index (χ0v) is 10.9. The highest BCUT2D eigenvalue weighted by atomic mass is 16.1. The van der Waals surface area contributed by atoms with Crippen molar-refractivity contribution in [1.82, 2.24) is 9.97 Å². The lowest BCUT2D eigenvalue weighted by atomic mass is 9.91. The van der Waals surface area contributed by atoms with Crippen LogP contribution in [-0.4, -0.2) is 9.97 Å². The predicted molar refractivity (Wildman–Crippen MR) is 66.9 cm³/mol. The van der Waals surface area contributed by atoms with Gasteiger partial charge in [0.05, 0.1) is 5.69 Å². The Kier molecular flexibility index (Phi) is 3.89. The molecule has 0 saturated carbocycles. The van der Waals surface area contributed by atoms with Crippen LogP contribution in [0.25, 0.3) is 0 Å². The molecule has 0 unspecified atom stereocenters. The van der Waals surface area contributed by atoms with Crippen LogP contribution in [0.1, 0.15) is 64.9 Å². The maximum absolute atomic E-state index is 11.6. The number of aromatic nitrogens is 2. The van der Waals surface area contributed by atoms with E-state index in [1.165, 1.54) is 0 Å². The second-order valence-corrected chi connectivity index (χ2v) is 5.28. The summed E-state index contributed by atoms with van der Waals surface area (Å²) in [4.78, 5) is 19.0. The van der Waals surface area contributed by atoms with Gasteiger partial charge in [-0.1, -0.05) is 34.6 Å². The van der Waals surface area contributed by atoms with Crippen LogP contribution < -0.4 is 5.56 Å². The minimum atomic E-state index is -0.0744. The summed E-state index contributed by atoms with van der Waals surface area (Å²) in [5.74, 6) is 1.19. The monoisotopic (exact) mass is 222 g/mol. The van der Waals surface area contributed by atoms with Gasteiger partial charge in [-0.3, -0.25) is 4.79 Å². The number of rotatable bonds is 3. The van der Waals surface area contributed by atoms with Crippen LogP contribution >= 0.6 is 0 Å². The molecule has 16 heavy (non-hydrogen) atoms. The average Bonchev–Trinajstić information content (AvgIpc) is 2.17. The van der Waals surface area contributed by atoms with Gasteiger partial charge in [-0.25, -0.2) is 4.98 Å². The molecule has 0 spiro atoms. The minimum Gasteiger partial charge on any atom is -0.310 e. The zero-order valence-electron chi connectivity index (χ0n) is 10.9. The molecule has 0 radical (unpaired) electrons. The molecular formula is C13H22N2O. The molecule has 3 heteroatoms. The van der Waals surface area contributed by atoms with Gasteiger partial charge in [-0.05, 0) is 12.8 Å². The van der Waals surface area contributed by atoms with Crippen molar-refractivity contribution in [3.8, 4) is 0 Å². The molecule has 0 bridgehead atoms. The summed E-state index contributed by atoms with van der Waals surface area (Å²) in [5.41, 5.74) is 0.759. The van der Waals surface area contributed by atoms with E-state index in [0.29, 0.717) is 5.92 Å². The minimum absolute atomic E-state index is 0.0400. The Balaban J connectivity index is 3.23. The third kappa shape index (κ3) is 2.94. The van der Waals surface area contributed by atoms with Crippen molar-refractivity contribution in [3.63, 3.8) is 0 Å². The van der Waals surface area contributed by atoms with Crippen LogP contribution in [0.3, 0.4) is 0 Å². The predicted octanol–water partition coefficient (Wildman–Crippen LogP) is 2.97. The molecule has 0 fully saturated rings. The molecule has 1 aromatic rings. The van der Waals surface area contributed by atoms with Crippen LogP contribution in [-0.2, 0) is 5.41 Å². The largest absolute Gasteiger partial charge is 0.310 e. The van der Waals surface area contributed by atoms with Gasteiger partial charge in [0.25, 0.3) is 5.56 Å². The van der Waals surface area contributed by atoms with Gasteiger partial charge < -0.3 is 4.98 Å². The fraction of sp³-hybridized carbons (Fsp3) is 0.692. The quantitative estimate of drug-likeness (QED) is 0.854. The summed E-state index contributed by atoms with van der Waals surface area (Å²) in [6.45, 7) is 10.5.